The molecular formula is C25H22N4O4. The summed E-state index contributed by atoms with van der Waals surface area (Å²) in [5.74, 6) is -1.16. The molecule has 1 aliphatic heterocycles. The lowest BCUT2D eigenvalue weighted by atomic mass is 9.99. The number of benzene rings is 3. The molecule has 5 N–H and O–H groups in total. The van der Waals surface area contributed by atoms with E-state index in [4.69, 9.17) is 5.73 Å². The van der Waals surface area contributed by atoms with Gasteiger partial charge >= 0.3 is 5.97 Å². The van der Waals surface area contributed by atoms with Gasteiger partial charge in [-0.05, 0) is 48.0 Å². The molecule has 33 heavy (non-hydrogen) atoms. The van der Waals surface area contributed by atoms with Crippen LogP contribution >= 0.6 is 0 Å². The highest BCUT2D eigenvalue weighted by atomic mass is 16.5. The van der Waals surface area contributed by atoms with Gasteiger partial charge in [0.15, 0.2) is 0 Å². The van der Waals surface area contributed by atoms with Crippen molar-refractivity contribution >= 4 is 46.1 Å². The fourth-order valence-electron chi connectivity index (χ4n) is 3.49. The largest absolute Gasteiger partial charge is 0.468 e. The molecule has 0 aromatic heterocycles. The molecule has 0 saturated carbocycles. The second kappa shape index (κ2) is 9.27. The zero-order valence-corrected chi connectivity index (χ0v) is 17.8. The van der Waals surface area contributed by atoms with Crippen LogP contribution < -0.4 is 21.7 Å². The highest BCUT2D eigenvalue weighted by Crippen LogP contribution is 2.38. The topological polar surface area (TPSA) is 123 Å². The van der Waals surface area contributed by atoms with E-state index in [0.717, 1.165) is 5.56 Å². The molecule has 0 bridgehead atoms. The quantitative estimate of drug-likeness (QED) is 0.264. The van der Waals surface area contributed by atoms with Crippen molar-refractivity contribution in [2.45, 2.75) is 0 Å². The van der Waals surface area contributed by atoms with Crippen molar-refractivity contribution < 1.29 is 19.1 Å². The van der Waals surface area contributed by atoms with E-state index in [9.17, 15) is 14.4 Å². The van der Waals surface area contributed by atoms with Crippen molar-refractivity contribution in [3.63, 3.8) is 0 Å². The Morgan fingerprint density at radius 1 is 0.970 bits per heavy atom. The Kier molecular flexibility index (Phi) is 6.08. The number of nitrogens with one attached hydrogen (secondary N) is 3. The zero-order valence-electron chi connectivity index (χ0n) is 17.8. The van der Waals surface area contributed by atoms with Gasteiger partial charge in [0, 0.05) is 28.2 Å². The molecule has 2 amide bonds. The Morgan fingerprint density at radius 2 is 1.70 bits per heavy atom. The van der Waals surface area contributed by atoms with Gasteiger partial charge in [0.25, 0.3) is 11.8 Å². The van der Waals surface area contributed by atoms with E-state index in [-0.39, 0.29) is 12.5 Å². The molecule has 4 rings (SSSR count). The molecule has 3 aromatic rings. The lowest BCUT2D eigenvalue weighted by Crippen LogP contribution is -2.30. The van der Waals surface area contributed by atoms with Crippen LogP contribution in [0.25, 0.3) is 11.3 Å². The van der Waals surface area contributed by atoms with Gasteiger partial charge in [-0.3, -0.25) is 14.4 Å². The number of hydrogen-bond donors (Lipinski definition) is 4. The molecule has 1 aliphatic rings. The van der Waals surface area contributed by atoms with Crippen molar-refractivity contribution in [1.29, 1.82) is 0 Å². The number of carbonyl (C=O) groups is 3. The lowest BCUT2D eigenvalue weighted by molar-refractivity contribution is -0.139. The maximum Gasteiger partial charge on any atom is 0.325 e. The van der Waals surface area contributed by atoms with Crippen LogP contribution in [-0.2, 0) is 14.3 Å². The average Bonchev–Trinajstić information content (AvgIpc) is 3.16. The van der Waals surface area contributed by atoms with Crippen LogP contribution in [-0.4, -0.2) is 31.4 Å². The van der Waals surface area contributed by atoms with Gasteiger partial charge in [-0.2, -0.15) is 0 Å². The summed E-state index contributed by atoms with van der Waals surface area (Å²) in [6.45, 7) is -0.211. The molecule has 0 aliphatic carbocycles. The predicted molar refractivity (Wildman–Crippen MR) is 127 cm³/mol. The van der Waals surface area contributed by atoms with E-state index in [1.165, 1.54) is 7.11 Å². The molecule has 0 radical (unpaired) electrons. The lowest BCUT2D eigenvalue weighted by Gasteiger charge is -2.15. The standard InChI is InChI=1S/C25H22N4O4/c1-33-21(30)14-27-24(31)16-7-10-18(11-8-16)28-23(15-5-3-2-4-6-15)22-19-13-17(26)9-12-20(19)29-25(22)32/h2-13,28H,14,26H2,1H3,(H,27,31)(H,29,32). The highest BCUT2D eigenvalue weighted by molar-refractivity contribution is 6.37. The molecule has 1 heterocycles. The highest BCUT2D eigenvalue weighted by Gasteiger charge is 2.28. The summed E-state index contributed by atoms with van der Waals surface area (Å²) in [7, 11) is 1.26. The molecule has 0 fully saturated rings. The molecule has 8 heteroatoms. The Morgan fingerprint density at radius 3 is 2.39 bits per heavy atom. The molecular weight excluding hydrogens is 420 g/mol. The van der Waals surface area contributed by atoms with E-state index < -0.39 is 11.9 Å². The summed E-state index contributed by atoms with van der Waals surface area (Å²) >= 11 is 0. The first-order valence-electron chi connectivity index (χ1n) is 10.2. The van der Waals surface area contributed by atoms with Crippen LogP contribution in [0.2, 0.25) is 0 Å². The van der Waals surface area contributed by atoms with E-state index in [1.54, 1.807) is 42.5 Å². The number of anilines is 3. The smallest absolute Gasteiger partial charge is 0.325 e. The van der Waals surface area contributed by atoms with E-state index in [1.807, 2.05) is 30.3 Å². The molecule has 8 nitrogen and oxygen atoms in total. The molecule has 166 valence electrons. The summed E-state index contributed by atoms with van der Waals surface area (Å²) < 4.78 is 4.52. The summed E-state index contributed by atoms with van der Waals surface area (Å²) in [4.78, 5) is 36.4. The Hall–Kier alpha value is -4.59. The fraction of sp³-hybridized carbons (Fsp3) is 0.0800. The van der Waals surface area contributed by atoms with Gasteiger partial charge in [-0.15, -0.1) is 0 Å². The maximum absolute atomic E-state index is 12.9. The van der Waals surface area contributed by atoms with E-state index >= 15 is 0 Å². The second-order valence-electron chi connectivity index (χ2n) is 7.34. The van der Waals surface area contributed by atoms with Gasteiger partial charge in [0.05, 0.1) is 18.4 Å². The third-order valence-electron chi connectivity index (χ3n) is 5.14. The van der Waals surface area contributed by atoms with Crippen molar-refractivity contribution in [3.8, 4) is 0 Å². The number of ether oxygens (including phenoxy) is 1. The Labute approximate surface area is 190 Å². The third-order valence-corrected chi connectivity index (χ3v) is 5.14. The number of methoxy groups -OCH3 is 1. The minimum Gasteiger partial charge on any atom is -0.468 e. The van der Waals surface area contributed by atoms with Gasteiger partial charge < -0.3 is 26.4 Å². The number of carbonyl (C=O) groups excluding carboxylic acids is 3. The van der Waals surface area contributed by atoms with Crippen LogP contribution in [0, 0.1) is 0 Å². The fourth-order valence-corrected chi connectivity index (χ4v) is 3.49. The number of esters is 1. The van der Waals surface area contributed by atoms with E-state index in [0.29, 0.717) is 39.5 Å². The van der Waals surface area contributed by atoms with Crippen LogP contribution in [0.15, 0.2) is 72.8 Å². The summed E-state index contributed by atoms with van der Waals surface area (Å²) in [5, 5.41) is 8.70. The number of amides is 2. The monoisotopic (exact) mass is 442 g/mol. The SMILES string of the molecule is COC(=O)CNC(=O)c1ccc(NC(=C2C(=O)Nc3ccc(N)cc32)c2ccccc2)cc1. The molecule has 0 atom stereocenters. The number of nitrogen functional groups attached to an aromatic ring is 1. The first kappa shape index (κ1) is 21.6. The van der Waals surface area contributed by atoms with Crippen LogP contribution in [0.1, 0.15) is 21.5 Å². The van der Waals surface area contributed by atoms with E-state index in [2.05, 4.69) is 20.7 Å². The normalized spacial score (nSPS) is 13.5. The molecule has 0 unspecified atom stereocenters. The number of fused-ring (bicyclic) bond motifs is 1. The minimum absolute atomic E-state index is 0.211. The van der Waals surface area contributed by atoms with Crippen molar-refractivity contribution in [2.24, 2.45) is 0 Å². The molecule has 0 saturated heterocycles. The Bertz CT molecular complexity index is 1250. The van der Waals surface area contributed by atoms with Crippen molar-refractivity contribution in [3.05, 3.63) is 89.5 Å². The molecule has 0 spiro atoms. The average molecular weight is 442 g/mol. The first-order valence-corrected chi connectivity index (χ1v) is 10.2. The summed E-state index contributed by atoms with van der Waals surface area (Å²) in [6, 6.07) is 21.5. The van der Waals surface area contributed by atoms with Gasteiger partial charge in [0.1, 0.15) is 6.54 Å². The van der Waals surface area contributed by atoms with Crippen LogP contribution in [0.3, 0.4) is 0 Å². The molecule has 3 aromatic carbocycles. The zero-order chi connectivity index (χ0) is 23.4. The van der Waals surface area contributed by atoms with Crippen LogP contribution in [0.5, 0.6) is 0 Å². The minimum atomic E-state index is -0.531. The summed E-state index contributed by atoms with van der Waals surface area (Å²) in [6.07, 6.45) is 0. The third kappa shape index (κ3) is 4.69. The van der Waals surface area contributed by atoms with Gasteiger partial charge in [0.2, 0.25) is 0 Å². The van der Waals surface area contributed by atoms with Gasteiger partial charge in [-0.25, -0.2) is 0 Å². The Balaban J connectivity index is 1.67. The van der Waals surface area contributed by atoms with Crippen molar-refractivity contribution in [1.82, 2.24) is 5.32 Å². The van der Waals surface area contributed by atoms with Crippen molar-refractivity contribution in [2.75, 3.05) is 30.0 Å². The first-order chi connectivity index (χ1) is 16.0. The predicted octanol–water partition coefficient (Wildman–Crippen LogP) is 3.10. The maximum atomic E-state index is 12.9. The second-order valence-corrected chi connectivity index (χ2v) is 7.34. The number of hydrogen-bond acceptors (Lipinski definition) is 6. The van der Waals surface area contributed by atoms with Crippen LogP contribution in [0.4, 0.5) is 17.1 Å². The number of nitrogens with two attached hydrogens (primary N) is 1. The summed E-state index contributed by atoms with van der Waals surface area (Å²) in [5.41, 5.74) is 10.9. The number of rotatable bonds is 6. The van der Waals surface area contributed by atoms with Gasteiger partial charge in [-0.1, -0.05) is 30.3 Å².